The van der Waals surface area contributed by atoms with Crippen molar-refractivity contribution in [3.05, 3.63) is 27.6 Å². The van der Waals surface area contributed by atoms with Gasteiger partial charge in [-0.2, -0.15) is 4.31 Å². The molecular weight excluding hydrogens is 288 g/mol. The molecule has 0 aliphatic rings. The van der Waals surface area contributed by atoms with Gasteiger partial charge in [-0.1, -0.05) is 25.4 Å². The Morgan fingerprint density at radius 1 is 1.32 bits per heavy atom. The predicted octanol–water partition coefficient (Wildman–Crippen LogP) is 2.08. The first-order valence-corrected chi connectivity index (χ1v) is 7.88. The number of nitrogens with one attached hydrogen (secondary N) is 1. The van der Waals surface area contributed by atoms with Gasteiger partial charge in [0.1, 0.15) is 5.02 Å². The van der Waals surface area contributed by atoms with E-state index < -0.39 is 15.6 Å². The number of nitrogens with zero attached hydrogens (tertiary/aromatic N) is 1. The molecule has 1 N–H and O–H groups in total. The molecule has 0 bridgehead atoms. The third-order valence-corrected chi connectivity index (χ3v) is 4.86. The van der Waals surface area contributed by atoms with Crippen molar-refractivity contribution in [3.8, 4) is 0 Å². The summed E-state index contributed by atoms with van der Waals surface area (Å²) in [7, 11) is -3.66. The van der Waals surface area contributed by atoms with Gasteiger partial charge in [0.05, 0.1) is 4.90 Å². The Bertz CT molecular complexity index is 593. The Balaban J connectivity index is 3.26. The minimum absolute atomic E-state index is 0.00597. The van der Waals surface area contributed by atoms with Crippen LogP contribution in [-0.2, 0) is 10.0 Å². The summed E-state index contributed by atoms with van der Waals surface area (Å²) in [6.07, 6.45) is 1.18. The van der Waals surface area contributed by atoms with E-state index in [-0.39, 0.29) is 21.9 Å². The second kappa shape index (κ2) is 6.07. The number of aromatic amines is 1. The smallest absolute Gasteiger partial charge is 0.266 e. The molecule has 1 rings (SSSR count). The molecule has 1 aromatic heterocycles. The molecule has 0 saturated carbocycles. The Labute approximate surface area is 118 Å². The fourth-order valence-electron chi connectivity index (χ4n) is 1.67. The largest absolute Gasteiger partial charge is 0.326 e. The lowest BCUT2D eigenvalue weighted by atomic mass is 10.2. The zero-order valence-electron chi connectivity index (χ0n) is 11.5. The molecule has 0 spiro atoms. The SMILES string of the molecule is CC(C)CN(C(C)C)S(=O)(=O)c1c[nH]c(=O)c(Cl)c1. The molecule has 7 heteroatoms. The van der Waals surface area contributed by atoms with Crippen molar-refractivity contribution < 1.29 is 8.42 Å². The summed E-state index contributed by atoms with van der Waals surface area (Å²) in [6.45, 7) is 7.94. The molecule has 19 heavy (non-hydrogen) atoms. The summed E-state index contributed by atoms with van der Waals surface area (Å²) in [5, 5.41) is -0.130. The van der Waals surface area contributed by atoms with Gasteiger partial charge >= 0.3 is 0 Å². The van der Waals surface area contributed by atoms with Crippen LogP contribution in [0.3, 0.4) is 0 Å². The highest BCUT2D eigenvalue weighted by Crippen LogP contribution is 2.20. The zero-order chi connectivity index (χ0) is 14.8. The van der Waals surface area contributed by atoms with E-state index in [1.165, 1.54) is 16.6 Å². The summed E-state index contributed by atoms with van der Waals surface area (Å²) in [4.78, 5) is 13.5. The maximum Gasteiger partial charge on any atom is 0.266 e. The first-order valence-electron chi connectivity index (χ1n) is 6.06. The van der Waals surface area contributed by atoms with E-state index in [4.69, 9.17) is 11.6 Å². The Morgan fingerprint density at radius 2 is 1.89 bits per heavy atom. The van der Waals surface area contributed by atoms with Crippen LogP contribution in [-0.4, -0.2) is 30.3 Å². The van der Waals surface area contributed by atoms with Crippen LogP contribution in [0, 0.1) is 5.92 Å². The summed E-state index contributed by atoms with van der Waals surface area (Å²) >= 11 is 5.68. The van der Waals surface area contributed by atoms with Crippen LogP contribution in [0.1, 0.15) is 27.7 Å². The molecule has 0 fully saturated rings. The second-order valence-electron chi connectivity index (χ2n) is 5.07. The maximum atomic E-state index is 12.5. The third-order valence-electron chi connectivity index (χ3n) is 2.56. The Morgan fingerprint density at radius 3 is 2.32 bits per heavy atom. The van der Waals surface area contributed by atoms with Crippen LogP contribution in [0.5, 0.6) is 0 Å². The summed E-state index contributed by atoms with van der Waals surface area (Å²) < 4.78 is 26.4. The standard InChI is InChI=1S/C12H19ClN2O3S/c1-8(2)7-15(9(3)4)19(17,18)10-5-11(13)12(16)14-6-10/h5-6,8-9H,7H2,1-4H3,(H,14,16). The van der Waals surface area contributed by atoms with Crippen molar-refractivity contribution in [1.29, 1.82) is 0 Å². The number of aromatic nitrogens is 1. The monoisotopic (exact) mass is 306 g/mol. The van der Waals surface area contributed by atoms with E-state index in [2.05, 4.69) is 4.98 Å². The van der Waals surface area contributed by atoms with Crippen molar-refractivity contribution >= 4 is 21.6 Å². The molecule has 0 aromatic carbocycles. The number of H-pyrrole nitrogens is 1. The Hall–Kier alpha value is -0.850. The van der Waals surface area contributed by atoms with E-state index in [1.807, 2.05) is 27.7 Å². The summed E-state index contributed by atoms with van der Waals surface area (Å²) in [5.41, 5.74) is -0.499. The lowest BCUT2D eigenvalue weighted by Crippen LogP contribution is -2.39. The molecule has 0 radical (unpaired) electrons. The van der Waals surface area contributed by atoms with E-state index in [0.717, 1.165) is 0 Å². The van der Waals surface area contributed by atoms with Crippen molar-refractivity contribution in [1.82, 2.24) is 9.29 Å². The van der Waals surface area contributed by atoms with Crippen LogP contribution in [0.4, 0.5) is 0 Å². The first-order chi connectivity index (χ1) is 8.66. The average Bonchev–Trinajstić information content (AvgIpc) is 2.28. The summed E-state index contributed by atoms with van der Waals surface area (Å²) in [6, 6.07) is 1.02. The minimum Gasteiger partial charge on any atom is -0.326 e. The highest BCUT2D eigenvalue weighted by Gasteiger charge is 2.28. The molecule has 5 nitrogen and oxygen atoms in total. The van der Waals surface area contributed by atoms with E-state index >= 15 is 0 Å². The predicted molar refractivity (Wildman–Crippen MR) is 75.9 cm³/mol. The number of rotatable bonds is 5. The normalized spacial score (nSPS) is 12.6. The van der Waals surface area contributed by atoms with E-state index in [1.54, 1.807) is 0 Å². The number of sulfonamides is 1. The molecule has 0 unspecified atom stereocenters. The fraction of sp³-hybridized carbons (Fsp3) is 0.583. The van der Waals surface area contributed by atoms with Crippen LogP contribution in [0.25, 0.3) is 0 Å². The van der Waals surface area contributed by atoms with E-state index in [9.17, 15) is 13.2 Å². The molecule has 0 amide bonds. The van der Waals surface area contributed by atoms with Crippen LogP contribution < -0.4 is 5.56 Å². The molecule has 0 atom stereocenters. The molecule has 108 valence electrons. The third kappa shape index (κ3) is 3.81. The first kappa shape index (κ1) is 16.2. The lowest BCUT2D eigenvalue weighted by Gasteiger charge is -2.27. The van der Waals surface area contributed by atoms with Crippen molar-refractivity contribution in [2.45, 2.75) is 38.6 Å². The molecule has 1 aromatic rings. The van der Waals surface area contributed by atoms with Gasteiger partial charge in [0.15, 0.2) is 0 Å². The Kier molecular flexibility index (Phi) is 5.18. The summed E-state index contributed by atoms with van der Waals surface area (Å²) in [5.74, 6) is 0.204. The molecule has 0 aliphatic carbocycles. The van der Waals surface area contributed by atoms with Gasteiger partial charge in [0.25, 0.3) is 5.56 Å². The lowest BCUT2D eigenvalue weighted by molar-refractivity contribution is 0.319. The number of hydrogen-bond donors (Lipinski definition) is 1. The zero-order valence-corrected chi connectivity index (χ0v) is 13.0. The van der Waals surface area contributed by atoms with Gasteiger partial charge in [-0.05, 0) is 25.8 Å². The highest BCUT2D eigenvalue weighted by atomic mass is 35.5. The van der Waals surface area contributed by atoms with Gasteiger partial charge in [-0.3, -0.25) is 4.79 Å². The van der Waals surface area contributed by atoms with Gasteiger partial charge in [-0.15, -0.1) is 0 Å². The van der Waals surface area contributed by atoms with Crippen LogP contribution in [0.2, 0.25) is 5.02 Å². The number of pyridine rings is 1. The minimum atomic E-state index is -3.66. The van der Waals surface area contributed by atoms with Crippen molar-refractivity contribution in [2.75, 3.05) is 6.54 Å². The van der Waals surface area contributed by atoms with Crippen molar-refractivity contribution in [3.63, 3.8) is 0 Å². The number of hydrogen-bond acceptors (Lipinski definition) is 3. The molecule has 1 heterocycles. The van der Waals surface area contributed by atoms with Gasteiger partial charge in [0, 0.05) is 18.8 Å². The topological polar surface area (TPSA) is 70.2 Å². The molecule has 0 saturated heterocycles. The number of halogens is 1. The molecule has 0 aliphatic heterocycles. The van der Waals surface area contributed by atoms with Gasteiger partial charge in [-0.25, -0.2) is 8.42 Å². The van der Waals surface area contributed by atoms with Crippen molar-refractivity contribution in [2.24, 2.45) is 5.92 Å². The quantitative estimate of drug-likeness (QED) is 0.905. The fourth-order valence-corrected chi connectivity index (χ4v) is 3.70. The van der Waals surface area contributed by atoms with Gasteiger partial charge in [0.2, 0.25) is 10.0 Å². The highest BCUT2D eigenvalue weighted by molar-refractivity contribution is 7.89. The van der Waals surface area contributed by atoms with Gasteiger partial charge < -0.3 is 4.98 Å². The average molecular weight is 307 g/mol. The van der Waals surface area contributed by atoms with E-state index in [0.29, 0.717) is 6.54 Å². The molecular formula is C12H19ClN2O3S. The maximum absolute atomic E-state index is 12.5. The second-order valence-corrected chi connectivity index (χ2v) is 7.37. The van der Waals surface area contributed by atoms with Crippen LogP contribution >= 0.6 is 11.6 Å². The van der Waals surface area contributed by atoms with Crippen LogP contribution in [0.15, 0.2) is 22.0 Å².